The zero-order chi connectivity index (χ0) is 18.1. The van der Waals surface area contributed by atoms with Crippen molar-refractivity contribution in [1.82, 2.24) is 15.0 Å². The summed E-state index contributed by atoms with van der Waals surface area (Å²) in [6.07, 6.45) is 3.78. The fourth-order valence-electron chi connectivity index (χ4n) is 2.98. The van der Waals surface area contributed by atoms with Gasteiger partial charge in [-0.1, -0.05) is 30.3 Å². The molecule has 0 saturated carbocycles. The third kappa shape index (κ3) is 3.31. The molecule has 4 nitrogen and oxygen atoms in total. The normalized spacial score (nSPS) is 11.7. The maximum absolute atomic E-state index is 6.08. The van der Waals surface area contributed by atoms with Crippen LogP contribution in [0.2, 0.25) is 0 Å². The third-order valence-electron chi connectivity index (χ3n) is 4.04. The van der Waals surface area contributed by atoms with Crippen LogP contribution >= 0.6 is 0 Å². The zero-order valence-corrected chi connectivity index (χ0v) is 15.2. The maximum Gasteiger partial charge on any atom is 0.214 e. The molecule has 0 aliphatic carbocycles. The van der Waals surface area contributed by atoms with Crippen molar-refractivity contribution in [2.24, 2.45) is 0 Å². The number of nitrogens with zero attached hydrogens (tertiary/aromatic N) is 2. The van der Waals surface area contributed by atoms with Crippen LogP contribution in [0.4, 0.5) is 0 Å². The van der Waals surface area contributed by atoms with E-state index in [-0.39, 0.29) is 5.60 Å². The standard InChI is InChI=1S/C22H21N3O/c1-22(2,3)26-20-13-16(12-19(25-20)15-8-5-4-6-9-15)18-14-24-21-17(18)10-7-11-23-21/h4-14H,1-3H3,(H,23,24). The van der Waals surface area contributed by atoms with E-state index in [0.29, 0.717) is 5.88 Å². The first-order chi connectivity index (χ1) is 12.5. The van der Waals surface area contributed by atoms with E-state index in [2.05, 4.69) is 34.2 Å². The van der Waals surface area contributed by atoms with E-state index in [1.165, 1.54) is 0 Å². The Morgan fingerprint density at radius 1 is 0.923 bits per heavy atom. The fourth-order valence-corrected chi connectivity index (χ4v) is 2.98. The molecule has 1 aromatic carbocycles. The van der Waals surface area contributed by atoms with Crippen LogP contribution in [0.3, 0.4) is 0 Å². The highest BCUT2D eigenvalue weighted by atomic mass is 16.5. The molecular formula is C22H21N3O. The van der Waals surface area contributed by atoms with Crippen molar-refractivity contribution in [2.75, 3.05) is 0 Å². The molecule has 0 saturated heterocycles. The lowest BCUT2D eigenvalue weighted by atomic mass is 10.0. The van der Waals surface area contributed by atoms with Crippen molar-refractivity contribution in [3.05, 3.63) is 67.0 Å². The predicted octanol–water partition coefficient (Wildman–Crippen LogP) is 5.47. The van der Waals surface area contributed by atoms with Crippen molar-refractivity contribution in [3.63, 3.8) is 0 Å². The third-order valence-corrected chi connectivity index (χ3v) is 4.04. The van der Waals surface area contributed by atoms with E-state index in [9.17, 15) is 0 Å². The molecule has 0 atom stereocenters. The number of aromatic nitrogens is 3. The summed E-state index contributed by atoms with van der Waals surface area (Å²) in [7, 11) is 0. The number of nitrogens with one attached hydrogen (secondary N) is 1. The molecule has 3 heterocycles. The monoisotopic (exact) mass is 343 g/mol. The number of H-pyrrole nitrogens is 1. The molecule has 4 aromatic rings. The highest BCUT2D eigenvalue weighted by molar-refractivity contribution is 5.94. The second kappa shape index (κ2) is 6.30. The second-order valence-corrected chi connectivity index (χ2v) is 7.26. The first-order valence-electron chi connectivity index (χ1n) is 8.69. The van der Waals surface area contributed by atoms with Crippen LogP contribution in [0.5, 0.6) is 5.88 Å². The summed E-state index contributed by atoms with van der Waals surface area (Å²) in [5.74, 6) is 0.618. The molecule has 0 radical (unpaired) electrons. The Labute approximate surface area is 152 Å². The Morgan fingerprint density at radius 3 is 2.50 bits per heavy atom. The molecule has 0 fully saturated rings. The molecule has 4 heteroatoms. The quantitative estimate of drug-likeness (QED) is 0.537. The summed E-state index contributed by atoms with van der Waals surface area (Å²) >= 11 is 0. The number of fused-ring (bicyclic) bond motifs is 1. The van der Waals surface area contributed by atoms with Crippen LogP contribution in [0.1, 0.15) is 20.8 Å². The van der Waals surface area contributed by atoms with Crippen molar-refractivity contribution in [1.29, 1.82) is 0 Å². The van der Waals surface area contributed by atoms with Crippen LogP contribution in [-0.2, 0) is 0 Å². The number of aromatic amines is 1. The summed E-state index contributed by atoms with van der Waals surface area (Å²) in [4.78, 5) is 12.4. The van der Waals surface area contributed by atoms with E-state index in [4.69, 9.17) is 9.72 Å². The summed E-state index contributed by atoms with van der Waals surface area (Å²) < 4.78 is 6.08. The van der Waals surface area contributed by atoms with Crippen molar-refractivity contribution < 1.29 is 4.74 Å². The van der Waals surface area contributed by atoms with Gasteiger partial charge >= 0.3 is 0 Å². The molecule has 3 aromatic heterocycles. The van der Waals surface area contributed by atoms with Crippen molar-refractivity contribution in [3.8, 4) is 28.3 Å². The lowest BCUT2D eigenvalue weighted by Crippen LogP contribution is -2.23. The van der Waals surface area contributed by atoms with Gasteiger partial charge in [0.2, 0.25) is 5.88 Å². The van der Waals surface area contributed by atoms with Crippen LogP contribution in [0.25, 0.3) is 33.4 Å². The molecule has 130 valence electrons. The van der Waals surface area contributed by atoms with Crippen LogP contribution < -0.4 is 4.74 Å². The van der Waals surface area contributed by atoms with Crippen LogP contribution in [0, 0.1) is 0 Å². The van der Waals surface area contributed by atoms with Gasteiger partial charge in [-0.05, 0) is 44.5 Å². The minimum atomic E-state index is -0.318. The minimum Gasteiger partial charge on any atom is -0.472 e. The lowest BCUT2D eigenvalue weighted by Gasteiger charge is -2.21. The van der Waals surface area contributed by atoms with Gasteiger partial charge in [0.05, 0.1) is 5.69 Å². The van der Waals surface area contributed by atoms with E-state index >= 15 is 0 Å². The maximum atomic E-state index is 6.08. The molecule has 0 unspecified atom stereocenters. The summed E-state index contributed by atoms with van der Waals surface area (Å²) in [5.41, 5.74) is 4.65. The van der Waals surface area contributed by atoms with Crippen LogP contribution in [0.15, 0.2) is 67.0 Å². The average Bonchev–Trinajstić information content (AvgIpc) is 3.05. The van der Waals surface area contributed by atoms with Gasteiger partial charge in [-0.15, -0.1) is 0 Å². The first-order valence-corrected chi connectivity index (χ1v) is 8.69. The lowest BCUT2D eigenvalue weighted by molar-refractivity contribution is 0.124. The topological polar surface area (TPSA) is 50.8 Å². The van der Waals surface area contributed by atoms with E-state index in [1.807, 2.05) is 57.3 Å². The Balaban J connectivity index is 1.89. The van der Waals surface area contributed by atoms with Gasteiger partial charge in [-0.2, -0.15) is 0 Å². The fraction of sp³-hybridized carbons (Fsp3) is 0.182. The summed E-state index contributed by atoms with van der Waals surface area (Å²) in [6.45, 7) is 6.08. The summed E-state index contributed by atoms with van der Waals surface area (Å²) in [6, 6.07) is 18.3. The van der Waals surface area contributed by atoms with Crippen LogP contribution in [-0.4, -0.2) is 20.6 Å². The first kappa shape index (κ1) is 16.3. The van der Waals surface area contributed by atoms with Gasteiger partial charge in [0.15, 0.2) is 0 Å². The van der Waals surface area contributed by atoms with E-state index in [0.717, 1.165) is 33.4 Å². The Bertz CT molecular complexity index is 1050. The molecule has 0 aliphatic heterocycles. The number of pyridine rings is 2. The second-order valence-electron chi connectivity index (χ2n) is 7.26. The minimum absolute atomic E-state index is 0.318. The number of hydrogen-bond donors (Lipinski definition) is 1. The molecule has 1 N–H and O–H groups in total. The predicted molar refractivity (Wildman–Crippen MR) is 105 cm³/mol. The number of hydrogen-bond acceptors (Lipinski definition) is 3. The van der Waals surface area contributed by atoms with Gasteiger partial charge in [0, 0.05) is 35.0 Å². The molecular weight excluding hydrogens is 322 g/mol. The van der Waals surface area contributed by atoms with Gasteiger partial charge in [-0.3, -0.25) is 0 Å². The molecule has 4 rings (SSSR count). The van der Waals surface area contributed by atoms with E-state index < -0.39 is 0 Å². The van der Waals surface area contributed by atoms with E-state index in [1.54, 1.807) is 6.20 Å². The molecule has 0 bridgehead atoms. The molecule has 0 aliphatic rings. The molecule has 26 heavy (non-hydrogen) atoms. The molecule has 0 amide bonds. The Morgan fingerprint density at radius 2 is 1.73 bits per heavy atom. The number of benzene rings is 1. The zero-order valence-electron chi connectivity index (χ0n) is 15.2. The van der Waals surface area contributed by atoms with Gasteiger partial charge in [0.25, 0.3) is 0 Å². The average molecular weight is 343 g/mol. The highest BCUT2D eigenvalue weighted by Crippen LogP contribution is 2.33. The Hall–Kier alpha value is -3.14. The highest BCUT2D eigenvalue weighted by Gasteiger charge is 2.16. The van der Waals surface area contributed by atoms with Crippen molar-refractivity contribution >= 4 is 11.0 Å². The van der Waals surface area contributed by atoms with Gasteiger partial charge in [-0.25, -0.2) is 9.97 Å². The smallest absolute Gasteiger partial charge is 0.214 e. The number of ether oxygens (including phenoxy) is 1. The summed E-state index contributed by atoms with van der Waals surface area (Å²) in [5, 5.41) is 1.08. The molecule has 0 spiro atoms. The van der Waals surface area contributed by atoms with Gasteiger partial charge in [0.1, 0.15) is 11.2 Å². The Kier molecular flexibility index (Phi) is 3.96. The number of rotatable bonds is 3. The SMILES string of the molecule is CC(C)(C)Oc1cc(-c2c[nH]c3ncccc23)cc(-c2ccccc2)n1. The largest absolute Gasteiger partial charge is 0.472 e. The van der Waals surface area contributed by atoms with Gasteiger partial charge < -0.3 is 9.72 Å². The van der Waals surface area contributed by atoms with Crippen molar-refractivity contribution in [2.45, 2.75) is 26.4 Å².